The van der Waals surface area contributed by atoms with Crippen molar-refractivity contribution in [3.8, 4) is 11.5 Å². The number of amidine groups is 1. The molecule has 1 aromatic carbocycles. The normalized spacial score (nSPS) is 10.5. The minimum Gasteiger partial charge on any atom is -0.444 e. The largest absolute Gasteiger partial charge is 0.444 e. The zero-order chi connectivity index (χ0) is 17.8. The van der Waals surface area contributed by atoms with Gasteiger partial charge in [0.05, 0.1) is 21.5 Å². The third-order valence-electron chi connectivity index (χ3n) is 3.45. The molecule has 0 spiro atoms. The summed E-state index contributed by atoms with van der Waals surface area (Å²) in [6, 6.07) is 10.7. The lowest BCUT2D eigenvalue weighted by Gasteiger charge is -2.03. The Kier molecular flexibility index (Phi) is 5.16. The summed E-state index contributed by atoms with van der Waals surface area (Å²) in [7, 11) is 1.70. The van der Waals surface area contributed by atoms with Crippen LogP contribution in [0.3, 0.4) is 0 Å². The summed E-state index contributed by atoms with van der Waals surface area (Å²) >= 11 is 7.05. The van der Waals surface area contributed by atoms with Crippen LogP contribution in [0.5, 0.6) is 0 Å². The van der Waals surface area contributed by atoms with Gasteiger partial charge >= 0.3 is 0 Å². The molecule has 1 amide bonds. The molecular weight excluding hydrogens is 360 g/mol. The van der Waals surface area contributed by atoms with Crippen LogP contribution in [0.25, 0.3) is 11.5 Å². The third-order valence-corrected chi connectivity index (χ3v) is 4.68. The van der Waals surface area contributed by atoms with Crippen LogP contribution in [0.2, 0.25) is 4.34 Å². The number of rotatable bonds is 5. The summed E-state index contributed by atoms with van der Waals surface area (Å²) in [4.78, 5) is 16.9. The maximum Gasteiger partial charge on any atom is 0.261 e. The van der Waals surface area contributed by atoms with Crippen LogP contribution in [-0.4, -0.2) is 23.8 Å². The molecule has 0 saturated carbocycles. The van der Waals surface area contributed by atoms with E-state index in [0.29, 0.717) is 26.6 Å². The summed E-state index contributed by atoms with van der Waals surface area (Å²) in [5.74, 6) is 0.610. The number of oxazole rings is 1. The molecule has 0 radical (unpaired) electrons. The predicted molar refractivity (Wildman–Crippen MR) is 98.3 cm³/mol. The van der Waals surface area contributed by atoms with Crippen molar-refractivity contribution < 1.29 is 9.21 Å². The highest BCUT2D eigenvalue weighted by molar-refractivity contribution is 7.17. The summed E-state index contributed by atoms with van der Waals surface area (Å²) < 4.78 is 6.04. The van der Waals surface area contributed by atoms with Crippen molar-refractivity contribution in [2.45, 2.75) is 6.54 Å². The molecule has 3 N–H and O–H groups in total. The second-order valence-corrected chi connectivity index (χ2v) is 6.85. The van der Waals surface area contributed by atoms with E-state index in [4.69, 9.17) is 21.4 Å². The fourth-order valence-electron chi connectivity index (χ4n) is 2.14. The Morgan fingerprint density at radius 2 is 2.04 bits per heavy atom. The van der Waals surface area contributed by atoms with E-state index < -0.39 is 0 Å². The number of carbonyl (C=O) groups excluding carboxylic acids is 1. The number of thiophene rings is 1. The fourth-order valence-corrected chi connectivity index (χ4v) is 3.10. The molecule has 0 unspecified atom stereocenters. The number of aromatic nitrogens is 1. The van der Waals surface area contributed by atoms with Crippen molar-refractivity contribution in [2.75, 3.05) is 7.05 Å². The van der Waals surface area contributed by atoms with Crippen molar-refractivity contribution in [1.82, 2.24) is 15.6 Å². The van der Waals surface area contributed by atoms with E-state index in [9.17, 15) is 4.79 Å². The number of nitrogens with zero attached hydrogens (tertiary/aromatic N) is 1. The van der Waals surface area contributed by atoms with Crippen molar-refractivity contribution >= 4 is 34.7 Å². The van der Waals surface area contributed by atoms with E-state index in [2.05, 4.69) is 15.6 Å². The maximum atomic E-state index is 12.0. The van der Waals surface area contributed by atoms with E-state index in [1.165, 1.54) is 17.6 Å². The van der Waals surface area contributed by atoms with E-state index in [1.807, 2.05) is 24.3 Å². The van der Waals surface area contributed by atoms with E-state index in [-0.39, 0.29) is 12.5 Å². The molecule has 0 bridgehead atoms. The van der Waals surface area contributed by atoms with Gasteiger partial charge in [0.25, 0.3) is 5.91 Å². The molecule has 0 aliphatic carbocycles. The van der Waals surface area contributed by atoms with Crippen LogP contribution < -0.4 is 10.6 Å². The molecule has 0 saturated heterocycles. The lowest BCUT2D eigenvalue weighted by molar-refractivity contribution is 0.0954. The van der Waals surface area contributed by atoms with E-state index in [0.717, 1.165) is 11.1 Å². The molecule has 0 aliphatic heterocycles. The molecule has 3 aromatic rings. The molecule has 0 fully saturated rings. The number of amides is 1. The van der Waals surface area contributed by atoms with Crippen LogP contribution in [0.4, 0.5) is 0 Å². The number of nitrogens with one attached hydrogen (secondary N) is 3. The summed E-state index contributed by atoms with van der Waals surface area (Å²) in [5, 5.41) is 13.3. The first kappa shape index (κ1) is 17.2. The highest BCUT2D eigenvalue weighted by Gasteiger charge is 2.11. The number of benzene rings is 1. The zero-order valence-electron chi connectivity index (χ0n) is 13.3. The van der Waals surface area contributed by atoms with Crippen LogP contribution in [0, 0.1) is 5.41 Å². The molecule has 2 heterocycles. The summed E-state index contributed by atoms with van der Waals surface area (Å²) in [6.07, 6.45) is 1.51. The van der Waals surface area contributed by atoms with Gasteiger partial charge in [0.15, 0.2) is 0 Å². The van der Waals surface area contributed by atoms with Gasteiger partial charge in [-0.2, -0.15) is 0 Å². The standard InChI is InChI=1S/C17H15ClN4O2S/c1-20-15(19)10-2-4-11(5-3-10)17-22-12(9-24-17)8-21-16(23)13-6-7-14(18)25-13/h2-7,9H,8H2,1H3,(H2,19,20)(H,21,23). The average molecular weight is 375 g/mol. The van der Waals surface area contributed by atoms with E-state index >= 15 is 0 Å². The lowest BCUT2D eigenvalue weighted by atomic mass is 10.1. The third kappa shape index (κ3) is 4.07. The first-order valence-electron chi connectivity index (χ1n) is 7.42. The smallest absolute Gasteiger partial charge is 0.261 e. The summed E-state index contributed by atoms with van der Waals surface area (Å²) in [6.45, 7) is 0.264. The van der Waals surface area contributed by atoms with Crippen molar-refractivity contribution in [3.05, 3.63) is 63.1 Å². The second-order valence-electron chi connectivity index (χ2n) is 5.13. The number of halogens is 1. The first-order valence-corrected chi connectivity index (χ1v) is 8.61. The predicted octanol–water partition coefficient (Wildman–Crippen LogP) is 3.53. The van der Waals surface area contributed by atoms with Crippen LogP contribution in [0.15, 0.2) is 47.1 Å². The van der Waals surface area contributed by atoms with Gasteiger partial charge in [-0.25, -0.2) is 4.98 Å². The minimum absolute atomic E-state index is 0.198. The quantitative estimate of drug-likeness (QED) is 0.470. The van der Waals surface area contributed by atoms with Crippen LogP contribution in [-0.2, 0) is 6.54 Å². The fraction of sp³-hybridized carbons (Fsp3) is 0.118. The Labute approximate surface area is 153 Å². The van der Waals surface area contributed by atoms with Crippen molar-refractivity contribution in [2.24, 2.45) is 0 Å². The van der Waals surface area contributed by atoms with Gasteiger partial charge in [-0.3, -0.25) is 10.2 Å². The van der Waals surface area contributed by atoms with Gasteiger partial charge in [0, 0.05) is 18.2 Å². The number of hydrogen-bond acceptors (Lipinski definition) is 5. The van der Waals surface area contributed by atoms with Gasteiger partial charge in [-0.1, -0.05) is 23.7 Å². The molecular formula is C17H15ClN4O2S. The molecule has 0 atom stereocenters. The van der Waals surface area contributed by atoms with Gasteiger partial charge in [0.1, 0.15) is 12.1 Å². The Balaban J connectivity index is 1.64. The highest BCUT2D eigenvalue weighted by atomic mass is 35.5. The Morgan fingerprint density at radius 1 is 1.28 bits per heavy atom. The van der Waals surface area contributed by atoms with Crippen LogP contribution in [0.1, 0.15) is 20.9 Å². The second kappa shape index (κ2) is 7.50. The average Bonchev–Trinajstić information content (AvgIpc) is 3.28. The lowest BCUT2D eigenvalue weighted by Crippen LogP contribution is -2.21. The van der Waals surface area contributed by atoms with Gasteiger partial charge in [0.2, 0.25) is 5.89 Å². The molecule has 0 aliphatic rings. The Morgan fingerprint density at radius 3 is 2.68 bits per heavy atom. The summed E-state index contributed by atoms with van der Waals surface area (Å²) in [5.41, 5.74) is 2.20. The van der Waals surface area contributed by atoms with Crippen LogP contribution >= 0.6 is 22.9 Å². The molecule has 2 aromatic heterocycles. The SMILES string of the molecule is CNC(=N)c1ccc(-c2nc(CNC(=O)c3ccc(Cl)s3)co2)cc1. The molecule has 25 heavy (non-hydrogen) atoms. The number of hydrogen-bond donors (Lipinski definition) is 3. The molecule has 3 rings (SSSR count). The topological polar surface area (TPSA) is 91.0 Å². The molecule has 6 nitrogen and oxygen atoms in total. The molecule has 128 valence electrons. The first-order chi connectivity index (χ1) is 12.1. The Hall–Kier alpha value is -2.64. The maximum absolute atomic E-state index is 12.0. The highest BCUT2D eigenvalue weighted by Crippen LogP contribution is 2.22. The van der Waals surface area contributed by atoms with E-state index in [1.54, 1.807) is 19.2 Å². The van der Waals surface area contributed by atoms with Gasteiger partial charge in [-0.15, -0.1) is 11.3 Å². The van der Waals surface area contributed by atoms with Crippen molar-refractivity contribution in [3.63, 3.8) is 0 Å². The Bertz CT molecular complexity index is 902. The molecule has 8 heteroatoms. The van der Waals surface area contributed by atoms with Crippen molar-refractivity contribution in [1.29, 1.82) is 5.41 Å². The van der Waals surface area contributed by atoms with Gasteiger partial charge in [-0.05, 0) is 24.3 Å². The monoisotopic (exact) mass is 374 g/mol. The zero-order valence-corrected chi connectivity index (χ0v) is 14.9. The number of carbonyl (C=O) groups is 1. The minimum atomic E-state index is -0.198. The van der Waals surface area contributed by atoms with Gasteiger partial charge < -0.3 is 15.1 Å².